The van der Waals surface area contributed by atoms with Gasteiger partial charge in [-0.3, -0.25) is 0 Å². The molecule has 1 heterocycles. The van der Waals surface area contributed by atoms with Gasteiger partial charge in [0.2, 0.25) is 6.54 Å². The van der Waals surface area contributed by atoms with E-state index < -0.39 is 0 Å². The minimum absolute atomic E-state index is 0.0901. The average Bonchev–Trinajstić information content (AvgIpc) is 2.41. The number of hydrogen-bond acceptors (Lipinski definition) is 2. The molecule has 0 saturated heterocycles. The molecular weight excluding hydrogens is 262 g/mol. The largest absolute Gasteiger partial charge is 0.457 e. The summed E-state index contributed by atoms with van der Waals surface area (Å²) >= 11 is 0. The highest BCUT2D eigenvalue weighted by atomic mass is 16.5. The molecule has 0 radical (unpaired) electrons. The number of carbonyl (C=O) groups excluding carboxylic acids is 1. The molecular formula is C18H28NO2+. The Labute approximate surface area is 128 Å². The van der Waals surface area contributed by atoms with Crippen LogP contribution in [0.25, 0.3) is 0 Å². The highest BCUT2D eigenvalue weighted by Crippen LogP contribution is 2.35. The molecule has 1 aromatic heterocycles. The van der Waals surface area contributed by atoms with E-state index in [1.54, 1.807) is 0 Å². The van der Waals surface area contributed by atoms with Gasteiger partial charge in [0, 0.05) is 12.1 Å². The third-order valence-electron chi connectivity index (χ3n) is 4.61. The van der Waals surface area contributed by atoms with Gasteiger partial charge in [0.25, 0.3) is 0 Å². The van der Waals surface area contributed by atoms with Gasteiger partial charge in [0.15, 0.2) is 12.4 Å². The summed E-state index contributed by atoms with van der Waals surface area (Å²) in [4.78, 5) is 12.2. The van der Waals surface area contributed by atoms with Crippen LogP contribution in [-0.2, 0) is 16.1 Å². The van der Waals surface area contributed by atoms with Crippen LogP contribution < -0.4 is 4.57 Å². The van der Waals surface area contributed by atoms with Crippen molar-refractivity contribution in [3.05, 3.63) is 30.1 Å². The Balaban J connectivity index is 1.94. The van der Waals surface area contributed by atoms with Gasteiger partial charge in [0.1, 0.15) is 6.10 Å². The summed E-state index contributed by atoms with van der Waals surface area (Å²) in [6.07, 6.45) is 7.39. The fourth-order valence-corrected chi connectivity index (χ4v) is 3.24. The van der Waals surface area contributed by atoms with Crippen LogP contribution in [0.1, 0.15) is 45.6 Å². The molecule has 1 aliphatic carbocycles. The number of hydrogen-bond donors (Lipinski definition) is 0. The number of carbonyl (C=O) groups is 1. The molecule has 0 N–H and O–H groups in total. The smallest absolute Gasteiger partial charge is 0.372 e. The Hall–Kier alpha value is -1.38. The molecule has 0 bridgehead atoms. The van der Waals surface area contributed by atoms with Crippen LogP contribution in [0.5, 0.6) is 0 Å². The lowest BCUT2D eigenvalue weighted by molar-refractivity contribution is -0.686. The van der Waals surface area contributed by atoms with Crippen molar-refractivity contribution in [3.63, 3.8) is 0 Å². The van der Waals surface area contributed by atoms with Crippen molar-refractivity contribution in [2.24, 2.45) is 17.8 Å². The number of esters is 1. The average molecular weight is 290 g/mol. The first kappa shape index (κ1) is 16.0. The van der Waals surface area contributed by atoms with E-state index in [4.69, 9.17) is 4.74 Å². The third kappa shape index (κ3) is 4.55. The van der Waals surface area contributed by atoms with E-state index in [0.717, 1.165) is 6.42 Å². The molecule has 0 unspecified atom stereocenters. The molecule has 0 spiro atoms. The van der Waals surface area contributed by atoms with E-state index >= 15 is 0 Å². The van der Waals surface area contributed by atoms with Gasteiger partial charge in [-0.2, -0.15) is 4.57 Å². The molecule has 1 fully saturated rings. The summed E-state index contributed by atoms with van der Waals surface area (Å²) in [6.45, 7) is 9.06. The van der Waals surface area contributed by atoms with Gasteiger partial charge >= 0.3 is 5.97 Å². The first-order chi connectivity index (χ1) is 9.95. The van der Waals surface area contributed by atoms with Crippen LogP contribution in [0, 0.1) is 24.7 Å². The van der Waals surface area contributed by atoms with E-state index in [-0.39, 0.29) is 12.1 Å². The van der Waals surface area contributed by atoms with Gasteiger partial charge in [0.05, 0.1) is 0 Å². The van der Waals surface area contributed by atoms with Gasteiger partial charge in [-0.25, -0.2) is 4.79 Å². The molecule has 3 heteroatoms. The first-order valence-electron chi connectivity index (χ1n) is 8.11. The van der Waals surface area contributed by atoms with Crippen molar-refractivity contribution in [2.75, 3.05) is 0 Å². The Morgan fingerprint density at radius 3 is 2.62 bits per heavy atom. The lowest BCUT2D eigenvalue weighted by atomic mass is 9.75. The maximum atomic E-state index is 12.2. The lowest BCUT2D eigenvalue weighted by Crippen LogP contribution is -2.42. The van der Waals surface area contributed by atoms with E-state index in [9.17, 15) is 4.79 Å². The number of aromatic nitrogens is 1. The fourth-order valence-electron chi connectivity index (χ4n) is 3.24. The first-order valence-corrected chi connectivity index (χ1v) is 8.11. The van der Waals surface area contributed by atoms with Crippen LogP contribution in [0.15, 0.2) is 24.5 Å². The van der Waals surface area contributed by atoms with Crippen LogP contribution >= 0.6 is 0 Å². The van der Waals surface area contributed by atoms with Crippen molar-refractivity contribution in [3.8, 4) is 0 Å². The summed E-state index contributed by atoms with van der Waals surface area (Å²) < 4.78 is 7.69. The number of aryl methyl sites for hydroxylation is 1. The molecule has 1 aliphatic rings. The van der Waals surface area contributed by atoms with Crippen molar-refractivity contribution in [1.29, 1.82) is 0 Å². The second-order valence-electron chi connectivity index (χ2n) is 6.90. The van der Waals surface area contributed by atoms with Crippen LogP contribution in [0.3, 0.4) is 0 Å². The minimum Gasteiger partial charge on any atom is -0.457 e. The van der Waals surface area contributed by atoms with Crippen LogP contribution in [0.2, 0.25) is 0 Å². The fraction of sp³-hybridized carbons (Fsp3) is 0.667. The summed E-state index contributed by atoms with van der Waals surface area (Å²) in [7, 11) is 0. The van der Waals surface area contributed by atoms with Gasteiger partial charge in [-0.15, -0.1) is 0 Å². The van der Waals surface area contributed by atoms with Gasteiger partial charge in [-0.05, 0) is 43.1 Å². The predicted octanol–water partition coefficient (Wildman–Crippen LogP) is 3.29. The van der Waals surface area contributed by atoms with Crippen molar-refractivity contribution >= 4 is 5.97 Å². The highest BCUT2D eigenvalue weighted by Gasteiger charge is 2.33. The van der Waals surface area contributed by atoms with E-state index in [1.165, 1.54) is 18.4 Å². The van der Waals surface area contributed by atoms with Crippen molar-refractivity contribution in [1.82, 2.24) is 0 Å². The SMILES string of the molecule is Cc1cc[n+](CC(=O)O[C@@H]2C[C@H](C)CC[C@H]2C(C)C)cc1. The lowest BCUT2D eigenvalue weighted by Gasteiger charge is -2.36. The summed E-state index contributed by atoms with van der Waals surface area (Å²) in [5.74, 6) is 1.62. The molecule has 0 aromatic carbocycles. The molecule has 3 nitrogen and oxygen atoms in total. The molecule has 2 rings (SSSR count). The Morgan fingerprint density at radius 2 is 2.00 bits per heavy atom. The standard InChI is InChI=1S/C18H28NO2/c1-13(2)16-6-5-15(4)11-17(16)21-18(20)12-19-9-7-14(3)8-10-19/h7-10,13,15-17H,5-6,11-12H2,1-4H3/q+1/t15-,16+,17-/m1/s1. The monoisotopic (exact) mass is 290 g/mol. The second-order valence-corrected chi connectivity index (χ2v) is 6.90. The van der Waals surface area contributed by atoms with Gasteiger partial charge < -0.3 is 4.74 Å². The van der Waals surface area contributed by atoms with Crippen molar-refractivity contribution in [2.45, 2.75) is 59.6 Å². The normalized spacial score (nSPS) is 25.9. The molecule has 1 aromatic rings. The van der Waals surface area contributed by atoms with Crippen molar-refractivity contribution < 1.29 is 14.1 Å². The molecule has 3 atom stereocenters. The zero-order valence-corrected chi connectivity index (χ0v) is 13.7. The third-order valence-corrected chi connectivity index (χ3v) is 4.61. The van der Waals surface area contributed by atoms with Crippen LogP contribution in [-0.4, -0.2) is 12.1 Å². The molecule has 21 heavy (non-hydrogen) atoms. The van der Waals surface area contributed by atoms with Crippen LogP contribution in [0.4, 0.5) is 0 Å². The van der Waals surface area contributed by atoms with Gasteiger partial charge in [-0.1, -0.05) is 27.2 Å². The van der Waals surface area contributed by atoms with E-state index in [1.807, 2.05) is 36.0 Å². The summed E-state index contributed by atoms with van der Waals surface area (Å²) in [5.41, 5.74) is 1.19. The molecule has 0 aliphatic heterocycles. The number of ether oxygens (including phenoxy) is 1. The number of nitrogens with zero attached hydrogens (tertiary/aromatic N) is 1. The quantitative estimate of drug-likeness (QED) is 0.629. The predicted molar refractivity (Wildman–Crippen MR) is 82.6 cm³/mol. The number of rotatable bonds is 4. The maximum Gasteiger partial charge on any atom is 0.372 e. The zero-order valence-electron chi connectivity index (χ0n) is 13.7. The minimum atomic E-state index is -0.117. The molecule has 116 valence electrons. The molecule has 1 saturated carbocycles. The summed E-state index contributed by atoms with van der Waals surface area (Å²) in [5, 5.41) is 0. The second kappa shape index (κ2) is 7.06. The summed E-state index contributed by atoms with van der Waals surface area (Å²) in [6, 6.07) is 4.01. The Morgan fingerprint density at radius 1 is 1.33 bits per heavy atom. The zero-order chi connectivity index (χ0) is 15.4. The highest BCUT2D eigenvalue weighted by molar-refractivity contribution is 5.67. The molecule has 0 amide bonds. The number of pyridine rings is 1. The van der Waals surface area contributed by atoms with E-state index in [0.29, 0.717) is 24.3 Å². The Kier molecular flexibility index (Phi) is 5.38. The van der Waals surface area contributed by atoms with E-state index in [2.05, 4.69) is 20.8 Å². The Bertz CT molecular complexity index is 467. The topological polar surface area (TPSA) is 30.2 Å². The maximum absolute atomic E-state index is 12.2.